The molecular weight excluding hydrogens is 418 g/mol. The van der Waals surface area contributed by atoms with Crippen molar-refractivity contribution in [2.24, 2.45) is 0 Å². The Balaban J connectivity index is 1.50. The average Bonchev–Trinajstić information content (AvgIpc) is 3.37. The molecule has 164 valence electrons. The number of benzene rings is 2. The molecule has 6 heteroatoms. The molecule has 4 rings (SSSR count). The summed E-state index contributed by atoms with van der Waals surface area (Å²) in [5.41, 5.74) is 3.01. The topological polar surface area (TPSA) is 64.0 Å². The number of para-hydroxylation sites is 1. The van der Waals surface area contributed by atoms with E-state index in [1.54, 1.807) is 22.1 Å². The average molecular weight is 446 g/mol. The fourth-order valence-electron chi connectivity index (χ4n) is 3.81. The molecule has 1 amide bonds. The standard InChI is InChI=1S/C26H27N3O2S/c1-3-18(2)19-10-12-20(13-11-19)26(24-9-6-16-32-24)28-25(31)14-15-29-22-8-5-4-7-21(22)23(30)17-27-29/h4-13,16-18,26H,3,14-15H2,1-2H3,(H,28,31). The van der Waals surface area contributed by atoms with E-state index in [4.69, 9.17) is 0 Å². The fraction of sp³-hybridized carbons (Fsp3) is 0.269. The van der Waals surface area contributed by atoms with Crippen LogP contribution in [-0.2, 0) is 11.3 Å². The Morgan fingerprint density at radius 1 is 1.06 bits per heavy atom. The highest BCUT2D eigenvalue weighted by molar-refractivity contribution is 7.10. The Morgan fingerprint density at radius 2 is 1.81 bits per heavy atom. The van der Waals surface area contributed by atoms with E-state index in [9.17, 15) is 9.59 Å². The number of amides is 1. The molecule has 5 nitrogen and oxygen atoms in total. The van der Waals surface area contributed by atoms with Crippen LogP contribution in [0.15, 0.2) is 77.0 Å². The van der Waals surface area contributed by atoms with Gasteiger partial charge in [-0.1, -0.05) is 56.3 Å². The number of fused-ring (bicyclic) bond motifs is 1. The number of carbonyl (C=O) groups is 1. The van der Waals surface area contributed by atoms with E-state index in [0.717, 1.165) is 22.4 Å². The van der Waals surface area contributed by atoms with Crippen molar-refractivity contribution in [2.45, 2.75) is 45.2 Å². The Bertz CT molecular complexity index is 1250. The summed E-state index contributed by atoms with van der Waals surface area (Å²) >= 11 is 1.63. The molecule has 0 saturated carbocycles. The van der Waals surface area contributed by atoms with Crippen LogP contribution in [0, 0.1) is 0 Å². The lowest BCUT2D eigenvalue weighted by Gasteiger charge is -2.19. The van der Waals surface area contributed by atoms with E-state index in [1.807, 2.05) is 29.6 Å². The van der Waals surface area contributed by atoms with Crippen LogP contribution in [0.25, 0.3) is 10.9 Å². The van der Waals surface area contributed by atoms with Gasteiger partial charge in [0.15, 0.2) is 0 Å². The third-order valence-corrected chi connectivity index (χ3v) is 6.83. The number of nitrogens with one attached hydrogen (secondary N) is 1. The second-order valence-electron chi connectivity index (χ2n) is 7.99. The maximum atomic E-state index is 12.9. The van der Waals surface area contributed by atoms with Crippen LogP contribution in [0.5, 0.6) is 0 Å². The lowest BCUT2D eigenvalue weighted by molar-refractivity contribution is -0.121. The second kappa shape index (κ2) is 9.92. The molecule has 2 atom stereocenters. The number of thiophene rings is 1. The second-order valence-corrected chi connectivity index (χ2v) is 8.97. The Morgan fingerprint density at radius 3 is 2.53 bits per heavy atom. The largest absolute Gasteiger partial charge is 0.344 e. The third kappa shape index (κ3) is 4.81. The highest BCUT2D eigenvalue weighted by atomic mass is 32.1. The summed E-state index contributed by atoms with van der Waals surface area (Å²) < 4.78 is 1.72. The maximum Gasteiger partial charge on any atom is 0.222 e. The highest BCUT2D eigenvalue weighted by Crippen LogP contribution is 2.28. The quantitative estimate of drug-likeness (QED) is 0.402. The molecule has 2 aromatic carbocycles. The normalized spacial score (nSPS) is 13.1. The minimum absolute atomic E-state index is 0.0565. The van der Waals surface area contributed by atoms with Gasteiger partial charge in [-0.3, -0.25) is 14.3 Å². The molecular formula is C26H27N3O2S. The number of aryl methyl sites for hydroxylation is 1. The van der Waals surface area contributed by atoms with E-state index < -0.39 is 0 Å². The van der Waals surface area contributed by atoms with Crippen molar-refractivity contribution >= 4 is 28.1 Å². The summed E-state index contributed by atoms with van der Waals surface area (Å²) in [6.07, 6.45) is 2.68. The van der Waals surface area contributed by atoms with Crippen molar-refractivity contribution in [1.29, 1.82) is 0 Å². The molecule has 2 aromatic heterocycles. The molecule has 0 spiro atoms. The van der Waals surface area contributed by atoms with E-state index in [0.29, 0.717) is 17.8 Å². The smallest absolute Gasteiger partial charge is 0.222 e. The summed E-state index contributed by atoms with van der Waals surface area (Å²) in [6.45, 7) is 4.81. The SMILES string of the molecule is CCC(C)c1ccc(C(NC(=O)CCn2ncc(=O)c3ccccc32)c2cccs2)cc1. The molecule has 0 radical (unpaired) electrons. The van der Waals surface area contributed by atoms with Crippen molar-refractivity contribution in [2.75, 3.05) is 0 Å². The van der Waals surface area contributed by atoms with Gasteiger partial charge >= 0.3 is 0 Å². The van der Waals surface area contributed by atoms with Crippen molar-refractivity contribution in [1.82, 2.24) is 15.1 Å². The number of rotatable bonds is 8. The van der Waals surface area contributed by atoms with Crippen molar-refractivity contribution < 1.29 is 4.79 Å². The van der Waals surface area contributed by atoms with Gasteiger partial charge in [-0.2, -0.15) is 5.10 Å². The minimum atomic E-state index is -0.188. The van der Waals surface area contributed by atoms with Crippen LogP contribution >= 0.6 is 11.3 Å². The molecule has 32 heavy (non-hydrogen) atoms. The van der Waals surface area contributed by atoms with Crippen molar-refractivity contribution in [3.63, 3.8) is 0 Å². The van der Waals surface area contributed by atoms with Gasteiger partial charge in [-0.25, -0.2) is 0 Å². The van der Waals surface area contributed by atoms with E-state index in [2.05, 4.69) is 54.6 Å². The lowest BCUT2D eigenvalue weighted by atomic mass is 9.95. The highest BCUT2D eigenvalue weighted by Gasteiger charge is 2.18. The Hall–Kier alpha value is -3.25. The van der Waals surface area contributed by atoms with Gasteiger partial charge in [0.05, 0.1) is 24.3 Å². The van der Waals surface area contributed by atoms with E-state index in [1.165, 1.54) is 11.8 Å². The molecule has 0 aliphatic carbocycles. The number of nitrogens with zero attached hydrogens (tertiary/aromatic N) is 2. The van der Waals surface area contributed by atoms with Crippen LogP contribution in [0.3, 0.4) is 0 Å². The first-order valence-corrected chi connectivity index (χ1v) is 11.8. The zero-order valence-corrected chi connectivity index (χ0v) is 19.1. The minimum Gasteiger partial charge on any atom is -0.344 e. The fourth-order valence-corrected chi connectivity index (χ4v) is 4.61. The molecule has 2 unspecified atom stereocenters. The maximum absolute atomic E-state index is 12.9. The van der Waals surface area contributed by atoms with Crippen molar-refractivity contribution in [3.05, 3.63) is 98.5 Å². The summed E-state index contributed by atoms with van der Waals surface area (Å²) in [5.74, 6) is 0.456. The molecule has 4 aromatic rings. The number of carbonyl (C=O) groups excluding carboxylic acids is 1. The summed E-state index contributed by atoms with van der Waals surface area (Å²) in [5, 5.41) is 10.1. The van der Waals surface area contributed by atoms with Gasteiger partial charge in [-0.05, 0) is 47.0 Å². The van der Waals surface area contributed by atoms with Gasteiger partial charge in [0, 0.05) is 16.7 Å². The van der Waals surface area contributed by atoms with Gasteiger partial charge in [0.1, 0.15) is 0 Å². The van der Waals surface area contributed by atoms with Crippen LogP contribution in [0.1, 0.15) is 54.7 Å². The zero-order valence-electron chi connectivity index (χ0n) is 18.3. The molecule has 0 bridgehead atoms. The van der Waals surface area contributed by atoms with Crippen LogP contribution in [0.2, 0.25) is 0 Å². The predicted octanol–water partition coefficient (Wildman–Crippen LogP) is 5.27. The number of hydrogen-bond acceptors (Lipinski definition) is 4. The van der Waals surface area contributed by atoms with Gasteiger partial charge in [0.25, 0.3) is 0 Å². The third-order valence-electron chi connectivity index (χ3n) is 5.90. The molecule has 1 N–H and O–H groups in total. The first-order valence-electron chi connectivity index (χ1n) is 10.9. The van der Waals surface area contributed by atoms with Gasteiger partial charge in [0.2, 0.25) is 11.3 Å². The molecule has 0 aliphatic rings. The van der Waals surface area contributed by atoms with Crippen LogP contribution in [-0.4, -0.2) is 15.7 Å². The first-order chi connectivity index (χ1) is 15.6. The van der Waals surface area contributed by atoms with Crippen molar-refractivity contribution in [3.8, 4) is 0 Å². The summed E-state index contributed by atoms with van der Waals surface area (Å²) in [6, 6.07) is 19.8. The van der Waals surface area contributed by atoms with E-state index in [-0.39, 0.29) is 23.8 Å². The summed E-state index contributed by atoms with van der Waals surface area (Å²) in [7, 11) is 0. The zero-order chi connectivity index (χ0) is 22.5. The Labute approximate surface area is 191 Å². The Kier molecular flexibility index (Phi) is 6.81. The lowest BCUT2D eigenvalue weighted by Crippen LogP contribution is -2.30. The monoisotopic (exact) mass is 445 g/mol. The van der Waals surface area contributed by atoms with Gasteiger partial charge in [-0.15, -0.1) is 11.3 Å². The van der Waals surface area contributed by atoms with Crippen LogP contribution in [0.4, 0.5) is 0 Å². The van der Waals surface area contributed by atoms with E-state index >= 15 is 0 Å². The number of hydrogen-bond donors (Lipinski definition) is 1. The summed E-state index contributed by atoms with van der Waals surface area (Å²) in [4.78, 5) is 26.0. The number of aromatic nitrogens is 2. The first kappa shape index (κ1) is 22.0. The molecule has 2 heterocycles. The predicted molar refractivity (Wildman–Crippen MR) is 130 cm³/mol. The molecule has 0 aliphatic heterocycles. The van der Waals surface area contributed by atoms with Gasteiger partial charge < -0.3 is 5.32 Å². The molecule has 0 fully saturated rings. The van der Waals surface area contributed by atoms with Crippen LogP contribution < -0.4 is 10.7 Å². The molecule has 0 saturated heterocycles.